The molecule has 2 aromatic heterocycles. The molecule has 6 nitrogen and oxygen atoms in total. The first-order valence-electron chi connectivity index (χ1n) is 10.6. The monoisotopic (exact) mass is 416 g/mol. The third-order valence-corrected chi connectivity index (χ3v) is 5.44. The number of hydrogen-bond acceptors (Lipinski definition) is 5. The summed E-state index contributed by atoms with van der Waals surface area (Å²) in [5, 5.41) is 16.1. The molecule has 160 valence electrons. The van der Waals surface area contributed by atoms with Crippen LogP contribution in [0.4, 0.5) is 5.82 Å². The predicted octanol–water partition coefficient (Wildman–Crippen LogP) is 4.19. The van der Waals surface area contributed by atoms with Gasteiger partial charge in [0, 0.05) is 46.9 Å². The van der Waals surface area contributed by atoms with Crippen LogP contribution in [0.25, 0.3) is 22.3 Å². The molecule has 0 aliphatic heterocycles. The quantitative estimate of drug-likeness (QED) is 0.537. The van der Waals surface area contributed by atoms with Crippen LogP contribution in [0.5, 0.6) is 0 Å². The topological polar surface area (TPSA) is 87.1 Å². The van der Waals surface area contributed by atoms with E-state index in [2.05, 4.69) is 26.7 Å². The lowest BCUT2D eigenvalue weighted by Crippen LogP contribution is -2.35. The van der Waals surface area contributed by atoms with Gasteiger partial charge < -0.3 is 15.7 Å². The Morgan fingerprint density at radius 2 is 1.94 bits per heavy atom. The molecule has 1 fully saturated rings. The zero-order valence-corrected chi connectivity index (χ0v) is 18.1. The van der Waals surface area contributed by atoms with E-state index < -0.39 is 5.54 Å². The van der Waals surface area contributed by atoms with Gasteiger partial charge in [-0.3, -0.25) is 9.78 Å². The number of hydrogen-bond donors (Lipinski definition) is 3. The number of aliphatic hydroxyl groups excluding tert-OH is 1. The highest BCUT2D eigenvalue weighted by Crippen LogP contribution is 2.33. The molecule has 0 bridgehead atoms. The van der Waals surface area contributed by atoms with Crippen molar-refractivity contribution in [2.24, 2.45) is 0 Å². The smallest absolute Gasteiger partial charge is 0.251 e. The second kappa shape index (κ2) is 8.47. The van der Waals surface area contributed by atoms with E-state index in [1.54, 1.807) is 18.6 Å². The van der Waals surface area contributed by atoms with Crippen molar-refractivity contribution in [3.8, 4) is 22.3 Å². The Morgan fingerprint density at radius 3 is 2.61 bits per heavy atom. The summed E-state index contributed by atoms with van der Waals surface area (Å²) >= 11 is 0. The van der Waals surface area contributed by atoms with Gasteiger partial charge in [-0.2, -0.15) is 0 Å². The van der Waals surface area contributed by atoms with E-state index in [4.69, 9.17) is 0 Å². The molecule has 3 N–H and O–H groups in total. The summed E-state index contributed by atoms with van der Waals surface area (Å²) in [5.41, 5.74) is 4.89. The van der Waals surface area contributed by atoms with Crippen molar-refractivity contribution in [3.63, 3.8) is 0 Å². The van der Waals surface area contributed by atoms with Crippen molar-refractivity contribution in [3.05, 3.63) is 66.1 Å². The standard InChI is InChI=1S/C25H28N4O2/c1-16-6-7-17(24(31)28-20-8-9-20)11-21(16)19-12-22(18-5-4-10-26-13-18)23(27-14-19)29-25(2,3)15-30/h4-7,10-14,20,30H,8-9,15H2,1-3H3,(H,27,29)(H,28,31). The third-order valence-electron chi connectivity index (χ3n) is 5.44. The predicted molar refractivity (Wildman–Crippen MR) is 123 cm³/mol. The largest absolute Gasteiger partial charge is 0.394 e. The maximum atomic E-state index is 12.6. The maximum Gasteiger partial charge on any atom is 0.251 e. The normalized spacial score (nSPS) is 13.7. The maximum absolute atomic E-state index is 12.6. The Morgan fingerprint density at radius 1 is 1.13 bits per heavy atom. The second-order valence-electron chi connectivity index (χ2n) is 8.81. The molecule has 1 aromatic carbocycles. The number of amides is 1. The van der Waals surface area contributed by atoms with E-state index in [0.717, 1.165) is 40.7 Å². The van der Waals surface area contributed by atoms with Gasteiger partial charge in [0.15, 0.2) is 0 Å². The van der Waals surface area contributed by atoms with Crippen molar-refractivity contribution < 1.29 is 9.90 Å². The molecular weight excluding hydrogens is 388 g/mol. The molecule has 6 heteroatoms. The summed E-state index contributed by atoms with van der Waals surface area (Å²) in [5.74, 6) is 0.642. The minimum Gasteiger partial charge on any atom is -0.394 e. The third kappa shape index (κ3) is 4.91. The van der Waals surface area contributed by atoms with Crippen LogP contribution < -0.4 is 10.6 Å². The zero-order chi connectivity index (χ0) is 22.0. The molecule has 1 saturated carbocycles. The van der Waals surface area contributed by atoms with Gasteiger partial charge in [0.1, 0.15) is 5.82 Å². The molecule has 3 aromatic rings. The molecular formula is C25H28N4O2. The van der Waals surface area contributed by atoms with E-state index in [1.807, 2.05) is 51.1 Å². The minimum absolute atomic E-state index is 0.0276. The number of nitrogens with one attached hydrogen (secondary N) is 2. The van der Waals surface area contributed by atoms with E-state index >= 15 is 0 Å². The number of aliphatic hydroxyl groups is 1. The Labute approximate surface area is 182 Å². The van der Waals surface area contributed by atoms with E-state index in [0.29, 0.717) is 17.4 Å². The summed E-state index contributed by atoms with van der Waals surface area (Å²) in [6.07, 6.45) is 7.45. The van der Waals surface area contributed by atoms with Crippen LogP contribution in [0.2, 0.25) is 0 Å². The first-order valence-corrected chi connectivity index (χ1v) is 10.6. The van der Waals surface area contributed by atoms with Gasteiger partial charge >= 0.3 is 0 Å². The first-order chi connectivity index (χ1) is 14.9. The lowest BCUT2D eigenvalue weighted by atomic mass is 9.96. The number of aromatic nitrogens is 2. The SMILES string of the molecule is Cc1ccc(C(=O)NC2CC2)cc1-c1cnc(NC(C)(C)CO)c(-c2cccnc2)c1. The highest BCUT2D eigenvalue weighted by Gasteiger charge is 2.24. The lowest BCUT2D eigenvalue weighted by Gasteiger charge is -2.26. The number of aryl methyl sites for hydroxylation is 1. The first kappa shape index (κ1) is 21.0. The molecule has 0 atom stereocenters. The van der Waals surface area contributed by atoms with Gasteiger partial charge in [-0.1, -0.05) is 12.1 Å². The molecule has 1 aliphatic rings. The van der Waals surface area contributed by atoms with Crippen LogP contribution in [0.1, 0.15) is 42.6 Å². The van der Waals surface area contributed by atoms with Crippen molar-refractivity contribution in [2.75, 3.05) is 11.9 Å². The van der Waals surface area contributed by atoms with E-state index in [-0.39, 0.29) is 12.5 Å². The van der Waals surface area contributed by atoms with Gasteiger partial charge in [-0.15, -0.1) is 0 Å². The second-order valence-corrected chi connectivity index (χ2v) is 8.81. The Hall–Kier alpha value is -3.25. The molecule has 0 saturated heterocycles. The Balaban J connectivity index is 1.76. The fourth-order valence-corrected chi connectivity index (χ4v) is 3.38. The number of pyridine rings is 2. The molecule has 2 heterocycles. The fraction of sp³-hybridized carbons (Fsp3) is 0.320. The summed E-state index contributed by atoms with van der Waals surface area (Å²) in [4.78, 5) is 21.5. The molecule has 0 unspecified atom stereocenters. The van der Waals surface area contributed by atoms with E-state index in [9.17, 15) is 9.90 Å². The number of benzene rings is 1. The highest BCUT2D eigenvalue weighted by atomic mass is 16.3. The number of rotatable bonds is 7. The number of anilines is 1. The van der Waals surface area contributed by atoms with Gasteiger partial charge in [-0.25, -0.2) is 4.98 Å². The molecule has 4 rings (SSSR count). The fourth-order valence-electron chi connectivity index (χ4n) is 3.38. The van der Waals surface area contributed by atoms with Crippen molar-refractivity contribution in [1.82, 2.24) is 15.3 Å². The molecule has 31 heavy (non-hydrogen) atoms. The lowest BCUT2D eigenvalue weighted by molar-refractivity contribution is 0.0951. The van der Waals surface area contributed by atoms with Gasteiger partial charge in [0.25, 0.3) is 5.91 Å². The van der Waals surface area contributed by atoms with Gasteiger partial charge in [0.05, 0.1) is 12.1 Å². The van der Waals surface area contributed by atoms with Crippen LogP contribution in [-0.4, -0.2) is 39.2 Å². The summed E-state index contributed by atoms with van der Waals surface area (Å²) < 4.78 is 0. The van der Waals surface area contributed by atoms with E-state index in [1.165, 1.54) is 0 Å². The summed E-state index contributed by atoms with van der Waals surface area (Å²) in [6.45, 7) is 5.84. The number of carbonyl (C=O) groups is 1. The Bertz CT molecular complexity index is 1090. The molecule has 1 aliphatic carbocycles. The minimum atomic E-state index is -0.526. The summed E-state index contributed by atoms with van der Waals surface area (Å²) in [6, 6.07) is 12.0. The van der Waals surface area contributed by atoms with Crippen molar-refractivity contribution in [1.29, 1.82) is 0 Å². The number of nitrogens with zero attached hydrogens (tertiary/aromatic N) is 2. The zero-order valence-electron chi connectivity index (χ0n) is 18.1. The van der Waals surface area contributed by atoms with Gasteiger partial charge in [0.2, 0.25) is 0 Å². The summed E-state index contributed by atoms with van der Waals surface area (Å²) in [7, 11) is 0. The van der Waals surface area contributed by atoms with Crippen LogP contribution in [0.15, 0.2) is 55.0 Å². The van der Waals surface area contributed by atoms with Crippen LogP contribution >= 0.6 is 0 Å². The van der Waals surface area contributed by atoms with Crippen LogP contribution in [0.3, 0.4) is 0 Å². The molecule has 1 amide bonds. The van der Waals surface area contributed by atoms with Gasteiger partial charge in [-0.05, 0) is 69.0 Å². The van der Waals surface area contributed by atoms with Crippen LogP contribution in [0, 0.1) is 6.92 Å². The number of carbonyl (C=O) groups excluding carboxylic acids is 1. The molecule has 0 spiro atoms. The average molecular weight is 417 g/mol. The van der Waals surface area contributed by atoms with Crippen molar-refractivity contribution in [2.45, 2.75) is 45.2 Å². The highest BCUT2D eigenvalue weighted by molar-refractivity contribution is 5.96. The van der Waals surface area contributed by atoms with Crippen molar-refractivity contribution >= 4 is 11.7 Å². The Kier molecular flexibility index (Phi) is 5.74. The molecule has 0 radical (unpaired) electrons. The average Bonchev–Trinajstić information content (AvgIpc) is 3.59. The van der Waals surface area contributed by atoms with Crippen LogP contribution in [-0.2, 0) is 0 Å².